The summed E-state index contributed by atoms with van der Waals surface area (Å²) in [5, 5.41) is 8.20. The van der Waals surface area contributed by atoms with E-state index in [0.29, 0.717) is 6.07 Å². The number of phenols is 1. The Morgan fingerprint density at radius 2 is 1.85 bits per heavy atom. The second-order valence-corrected chi connectivity index (χ2v) is 2.78. The summed E-state index contributed by atoms with van der Waals surface area (Å²) in [6, 6.07) is 1.62. The molecule has 0 aromatic heterocycles. The fourth-order valence-corrected chi connectivity index (χ4v) is 1.05. The van der Waals surface area contributed by atoms with E-state index in [1.165, 1.54) is 0 Å². The van der Waals surface area contributed by atoms with Gasteiger partial charge in [0.2, 0.25) is 0 Å². The predicted molar refractivity (Wildman–Crippen MR) is 42.5 cm³/mol. The van der Waals surface area contributed by atoms with Crippen LogP contribution in [0.1, 0.15) is 5.56 Å². The summed E-state index contributed by atoms with van der Waals surface area (Å²) < 4.78 is 36.5. The highest BCUT2D eigenvalue weighted by molar-refractivity contribution is 6.33. The van der Waals surface area contributed by atoms with Crippen LogP contribution in [-0.2, 0) is 6.18 Å². The topological polar surface area (TPSA) is 46.2 Å². The molecule has 1 aromatic rings. The van der Waals surface area contributed by atoms with Crippen LogP contribution in [0.4, 0.5) is 18.9 Å². The molecule has 0 saturated carbocycles. The average molecular weight is 212 g/mol. The number of rotatable bonds is 0. The Labute approximate surface area is 76.7 Å². The molecule has 1 aromatic carbocycles. The number of benzene rings is 1. The van der Waals surface area contributed by atoms with Gasteiger partial charge in [-0.05, 0) is 6.07 Å². The minimum atomic E-state index is -4.61. The molecule has 0 saturated heterocycles. The molecule has 3 N–H and O–H groups in total. The van der Waals surface area contributed by atoms with Crippen LogP contribution in [0.3, 0.4) is 0 Å². The van der Waals surface area contributed by atoms with Crippen molar-refractivity contribution in [1.82, 2.24) is 0 Å². The fourth-order valence-electron chi connectivity index (χ4n) is 0.837. The molecule has 1 rings (SSSR count). The van der Waals surface area contributed by atoms with Crippen LogP contribution in [0, 0.1) is 0 Å². The summed E-state index contributed by atoms with van der Waals surface area (Å²) in [5.74, 6) is -0.672. The van der Waals surface area contributed by atoms with Crippen molar-refractivity contribution in [2.45, 2.75) is 6.18 Å². The molecule has 72 valence electrons. The Morgan fingerprint density at radius 3 is 2.31 bits per heavy atom. The molecule has 0 aliphatic heterocycles. The molecular formula is C7H5ClF3NO. The maximum absolute atomic E-state index is 12.2. The van der Waals surface area contributed by atoms with Crippen molar-refractivity contribution in [3.8, 4) is 5.75 Å². The van der Waals surface area contributed by atoms with Crippen LogP contribution < -0.4 is 5.73 Å². The van der Waals surface area contributed by atoms with Crippen LogP contribution in [0.5, 0.6) is 5.75 Å². The van der Waals surface area contributed by atoms with Gasteiger partial charge < -0.3 is 10.8 Å². The summed E-state index contributed by atoms with van der Waals surface area (Å²) in [6.45, 7) is 0. The zero-order valence-electron chi connectivity index (χ0n) is 6.19. The Hall–Kier alpha value is -1.10. The lowest BCUT2D eigenvalue weighted by Crippen LogP contribution is -2.06. The number of alkyl halides is 3. The first kappa shape index (κ1) is 9.98. The SMILES string of the molecule is Nc1cc(O)c(Cl)c(C(F)(F)F)c1. The zero-order valence-corrected chi connectivity index (χ0v) is 6.95. The molecule has 0 bridgehead atoms. The molecule has 0 amide bonds. The van der Waals surface area contributed by atoms with Crippen molar-refractivity contribution < 1.29 is 18.3 Å². The first-order valence-electron chi connectivity index (χ1n) is 3.17. The monoisotopic (exact) mass is 211 g/mol. The first-order valence-corrected chi connectivity index (χ1v) is 3.55. The summed E-state index contributed by atoms with van der Waals surface area (Å²) in [5.41, 5.74) is 3.79. The van der Waals surface area contributed by atoms with E-state index in [4.69, 9.17) is 22.4 Å². The van der Waals surface area contributed by atoms with Crippen molar-refractivity contribution in [1.29, 1.82) is 0 Å². The number of phenolic OH excluding ortho intramolecular Hbond substituents is 1. The molecule has 0 radical (unpaired) electrons. The van der Waals surface area contributed by atoms with E-state index in [0.717, 1.165) is 6.07 Å². The standard InChI is InChI=1S/C7H5ClF3NO/c8-6-4(7(9,10)11)1-3(12)2-5(6)13/h1-2,13H,12H2. The van der Waals surface area contributed by atoms with Crippen LogP contribution >= 0.6 is 11.6 Å². The first-order chi connectivity index (χ1) is 5.82. The van der Waals surface area contributed by atoms with Crippen molar-refractivity contribution in [3.63, 3.8) is 0 Å². The molecule has 0 spiro atoms. The molecule has 0 aliphatic rings. The van der Waals surface area contributed by atoms with Gasteiger partial charge in [0, 0.05) is 11.8 Å². The van der Waals surface area contributed by atoms with Gasteiger partial charge >= 0.3 is 6.18 Å². The van der Waals surface area contributed by atoms with Crippen LogP contribution in [0.2, 0.25) is 5.02 Å². The van der Waals surface area contributed by atoms with Gasteiger partial charge in [-0.3, -0.25) is 0 Å². The lowest BCUT2D eigenvalue weighted by atomic mass is 10.2. The smallest absolute Gasteiger partial charge is 0.418 e. The van der Waals surface area contributed by atoms with Gasteiger partial charge in [-0.25, -0.2) is 0 Å². The van der Waals surface area contributed by atoms with E-state index in [1.54, 1.807) is 0 Å². The lowest BCUT2D eigenvalue weighted by molar-refractivity contribution is -0.137. The van der Waals surface area contributed by atoms with Crippen molar-refractivity contribution >= 4 is 17.3 Å². The van der Waals surface area contributed by atoms with Gasteiger partial charge in [0.15, 0.2) is 0 Å². The quantitative estimate of drug-likeness (QED) is 0.648. The minimum Gasteiger partial charge on any atom is -0.506 e. The lowest BCUT2D eigenvalue weighted by Gasteiger charge is -2.10. The molecular weight excluding hydrogens is 207 g/mol. The number of aromatic hydroxyl groups is 1. The second-order valence-electron chi connectivity index (χ2n) is 2.40. The molecule has 13 heavy (non-hydrogen) atoms. The Balaban J connectivity index is 3.37. The number of nitrogens with two attached hydrogens (primary N) is 1. The van der Waals surface area contributed by atoms with Crippen LogP contribution in [-0.4, -0.2) is 5.11 Å². The van der Waals surface area contributed by atoms with Gasteiger partial charge in [-0.1, -0.05) is 11.6 Å². The summed E-state index contributed by atoms with van der Waals surface area (Å²) in [4.78, 5) is 0. The third-order valence-corrected chi connectivity index (χ3v) is 1.78. The summed E-state index contributed by atoms with van der Waals surface area (Å²) in [6.07, 6.45) is -4.61. The van der Waals surface area contributed by atoms with Crippen molar-refractivity contribution in [2.75, 3.05) is 5.73 Å². The number of nitrogen functional groups attached to an aromatic ring is 1. The van der Waals surface area contributed by atoms with Gasteiger partial charge in [0.25, 0.3) is 0 Å². The van der Waals surface area contributed by atoms with E-state index in [2.05, 4.69) is 0 Å². The van der Waals surface area contributed by atoms with Gasteiger partial charge in [-0.15, -0.1) is 0 Å². The molecule has 0 unspecified atom stereocenters. The molecule has 2 nitrogen and oxygen atoms in total. The number of hydrogen-bond acceptors (Lipinski definition) is 2. The average Bonchev–Trinajstić information content (AvgIpc) is 1.94. The van der Waals surface area contributed by atoms with E-state index in [1.807, 2.05) is 0 Å². The molecule has 6 heteroatoms. The van der Waals surface area contributed by atoms with E-state index in [9.17, 15) is 13.2 Å². The summed E-state index contributed by atoms with van der Waals surface area (Å²) in [7, 11) is 0. The van der Waals surface area contributed by atoms with Gasteiger partial charge in [0.1, 0.15) is 5.75 Å². The normalized spacial score (nSPS) is 11.7. The highest BCUT2D eigenvalue weighted by atomic mass is 35.5. The van der Waals surface area contributed by atoms with E-state index < -0.39 is 22.5 Å². The van der Waals surface area contributed by atoms with Crippen LogP contribution in [0.15, 0.2) is 12.1 Å². The zero-order chi connectivity index (χ0) is 10.2. The third kappa shape index (κ3) is 1.98. The molecule has 0 aliphatic carbocycles. The van der Waals surface area contributed by atoms with Crippen molar-refractivity contribution in [2.24, 2.45) is 0 Å². The van der Waals surface area contributed by atoms with E-state index in [-0.39, 0.29) is 5.69 Å². The molecule has 0 fully saturated rings. The minimum absolute atomic E-state index is 0.186. The number of hydrogen-bond donors (Lipinski definition) is 2. The largest absolute Gasteiger partial charge is 0.506 e. The molecule has 0 heterocycles. The number of anilines is 1. The Kier molecular flexibility index (Phi) is 2.30. The highest BCUT2D eigenvalue weighted by Crippen LogP contribution is 2.40. The fraction of sp³-hybridized carbons (Fsp3) is 0.143. The van der Waals surface area contributed by atoms with Gasteiger partial charge in [-0.2, -0.15) is 13.2 Å². The third-order valence-electron chi connectivity index (χ3n) is 1.38. The second kappa shape index (κ2) is 2.99. The maximum Gasteiger partial charge on any atom is 0.418 e. The van der Waals surface area contributed by atoms with Gasteiger partial charge in [0.05, 0.1) is 10.6 Å². The Morgan fingerprint density at radius 1 is 1.31 bits per heavy atom. The molecule has 0 atom stereocenters. The summed E-state index contributed by atoms with van der Waals surface area (Å²) >= 11 is 5.22. The highest BCUT2D eigenvalue weighted by Gasteiger charge is 2.34. The van der Waals surface area contributed by atoms with E-state index >= 15 is 0 Å². The predicted octanol–water partition coefficient (Wildman–Crippen LogP) is 2.65. The van der Waals surface area contributed by atoms with Crippen molar-refractivity contribution in [3.05, 3.63) is 22.7 Å². The number of halogens is 4. The Bertz CT molecular complexity index is 337. The van der Waals surface area contributed by atoms with Crippen LogP contribution in [0.25, 0.3) is 0 Å². The maximum atomic E-state index is 12.2.